The van der Waals surface area contributed by atoms with Crippen molar-refractivity contribution >= 4 is 29.1 Å². The molecule has 0 saturated carbocycles. The van der Waals surface area contributed by atoms with Crippen LogP contribution in [0.15, 0.2) is 48.5 Å². The number of piperazine rings is 1. The fourth-order valence-electron chi connectivity index (χ4n) is 3.40. The van der Waals surface area contributed by atoms with Crippen molar-refractivity contribution in [2.45, 2.75) is 6.54 Å². The van der Waals surface area contributed by atoms with E-state index in [9.17, 15) is 4.79 Å². The van der Waals surface area contributed by atoms with Gasteiger partial charge in [0.25, 0.3) is 0 Å². The van der Waals surface area contributed by atoms with E-state index in [-0.39, 0.29) is 0 Å². The number of rotatable bonds is 6. The van der Waals surface area contributed by atoms with Crippen LogP contribution in [0, 0.1) is 0 Å². The van der Waals surface area contributed by atoms with E-state index in [1.165, 1.54) is 0 Å². The number of fused-ring (bicyclic) bond motifs is 1. The monoisotopic (exact) mass is 377 g/mol. The minimum Gasteiger partial charge on any atom is -0.496 e. The summed E-state index contributed by atoms with van der Waals surface area (Å²) >= 11 is 0. The van der Waals surface area contributed by atoms with E-state index in [2.05, 4.69) is 10.2 Å². The zero-order chi connectivity index (χ0) is 19.3. The maximum Gasteiger partial charge on any atom is 0.228 e. The molecule has 28 heavy (non-hydrogen) atoms. The van der Waals surface area contributed by atoms with Gasteiger partial charge in [0.15, 0.2) is 0 Å². The number of carbonyl (C=O) groups is 1. The number of ether oxygens (including phenoxy) is 1. The van der Waals surface area contributed by atoms with Gasteiger partial charge in [-0.2, -0.15) is 4.98 Å². The number of nitrogens with zero attached hydrogens (tertiary/aromatic N) is 4. The topological polar surface area (TPSA) is 70.6 Å². The van der Waals surface area contributed by atoms with Crippen LogP contribution in [0.5, 0.6) is 5.75 Å². The number of aromatic nitrogens is 2. The molecule has 0 spiro atoms. The Morgan fingerprint density at radius 3 is 2.57 bits per heavy atom. The van der Waals surface area contributed by atoms with E-state index in [4.69, 9.17) is 14.7 Å². The number of hydrogen-bond donors (Lipinski definition) is 1. The third-order valence-corrected chi connectivity index (χ3v) is 4.98. The smallest absolute Gasteiger partial charge is 0.228 e. The summed E-state index contributed by atoms with van der Waals surface area (Å²) in [6, 6.07) is 15.9. The zero-order valence-electron chi connectivity index (χ0n) is 15.8. The standard InChI is InChI=1S/C21H23N5O2/c1-28-19-9-5-2-6-16(19)14-22-20-17-7-3-4-8-18(17)23-21(24-20)26-12-10-25(15-27)11-13-26/h2-9,15H,10-14H2,1H3,(H,22,23,24). The molecule has 2 aromatic carbocycles. The predicted molar refractivity (Wildman–Crippen MR) is 110 cm³/mol. The van der Waals surface area contributed by atoms with E-state index in [1.807, 2.05) is 48.5 Å². The Labute approximate surface area is 164 Å². The average Bonchev–Trinajstić information content (AvgIpc) is 2.77. The number of hydrogen-bond acceptors (Lipinski definition) is 6. The summed E-state index contributed by atoms with van der Waals surface area (Å²) in [5.74, 6) is 2.33. The molecule has 1 saturated heterocycles. The minimum atomic E-state index is 0.601. The number of carbonyl (C=O) groups excluding carboxylic acids is 1. The van der Waals surface area contributed by atoms with Crippen LogP contribution >= 0.6 is 0 Å². The molecule has 7 nitrogen and oxygen atoms in total. The SMILES string of the molecule is COc1ccccc1CNc1nc(N2CCN(C=O)CC2)nc2ccccc12. The molecular weight excluding hydrogens is 354 g/mol. The van der Waals surface area contributed by atoms with Crippen LogP contribution in [0.3, 0.4) is 0 Å². The molecule has 7 heteroatoms. The van der Waals surface area contributed by atoms with Gasteiger partial charge in [-0.3, -0.25) is 4.79 Å². The van der Waals surface area contributed by atoms with Crippen molar-refractivity contribution in [2.24, 2.45) is 0 Å². The fourth-order valence-corrected chi connectivity index (χ4v) is 3.40. The molecule has 144 valence electrons. The average molecular weight is 377 g/mol. The number of methoxy groups -OCH3 is 1. The van der Waals surface area contributed by atoms with Crippen LogP contribution in [-0.2, 0) is 11.3 Å². The lowest BCUT2D eigenvalue weighted by Gasteiger charge is -2.32. The normalized spacial score (nSPS) is 14.2. The van der Waals surface area contributed by atoms with Crippen LogP contribution in [0.25, 0.3) is 10.9 Å². The summed E-state index contributed by atoms with van der Waals surface area (Å²) in [6.45, 7) is 3.42. The molecule has 0 atom stereocenters. The Morgan fingerprint density at radius 2 is 1.79 bits per heavy atom. The lowest BCUT2D eigenvalue weighted by atomic mass is 10.2. The van der Waals surface area contributed by atoms with Gasteiger partial charge in [-0.25, -0.2) is 4.98 Å². The molecular formula is C21H23N5O2. The van der Waals surface area contributed by atoms with Gasteiger partial charge in [0.05, 0.1) is 12.6 Å². The maximum absolute atomic E-state index is 11.0. The van der Waals surface area contributed by atoms with Crippen molar-refractivity contribution in [3.05, 3.63) is 54.1 Å². The lowest BCUT2D eigenvalue weighted by molar-refractivity contribution is -0.118. The van der Waals surface area contributed by atoms with Crippen molar-refractivity contribution in [2.75, 3.05) is 43.5 Å². The fraction of sp³-hybridized carbons (Fsp3) is 0.286. The van der Waals surface area contributed by atoms with Gasteiger partial charge >= 0.3 is 0 Å². The Morgan fingerprint density at radius 1 is 1.04 bits per heavy atom. The van der Waals surface area contributed by atoms with Crippen molar-refractivity contribution in [3.63, 3.8) is 0 Å². The van der Waals surface area contributed by atoms with Crippen molar-refractivity contribution in [1.82, 2.24) is 14.9 Å². The van der Waals surface area contributed by atoms with Gasteiger partial charge in [-0.15, -0.1) is 0 Å². The molecule has 1 N–H and O–H groups in total. The number of nitrogens with one attached hydrogen (secondary N) is 1. The second-order valence-corrected chi connectivity index (χ2v) is 6.68. The van der Waals surface area contributed by atoms with Crippen LogP contribution in [0.4, 0.5) is 11.8 Å². The largest absolute Gasteiger partial charge is 0.496 e. The van der Waals surface area contributed by atoms with Crippen LogP contribution in [-0.4, -0.2) is 54.6 Å². The van der Waals surface area contributed by atoms with E-state index < -0.39 is 0 Å². The molecule has 1 aliphatic rings. The summed E-state index contributed by atoms with van der Waals surface area (Å²) in [4.78, 5) is 24.4. The Balaban J connectivity index is 1.62. The van der Waals surface area contributed by atoms with E-state index >= 15 is 0 Å². The van der Waals surface area contributed by atoms with E-state index in [1.54, 1.807) is 12.0 Å². The second-order valence-electron chi connectivity index (χ2n) is 6.68. The van der Waals surface area contributed by atoms with Crippen LogP contribution in [0.1, 0.15) is 5.56 Å². The van der Waals surface area contributed by atoms with Gasteiger partial charge in [-0.05, 0) is 18.2 Å². The summed E-state index contributed by atoms with van der Waals surface area (Å²) in [5.41, 5.74) is 1.96. The Bertz CT molecular complexity index is 970. The highest BCUT2D eigenvalue weighted by molar-refractivity contribution is 5.90. The predicted octanol–water partition coefficient (Wildman–Crippen LogP) is 2.53. The molecule has 1 aromatic heterocycles. The van der Waals surface area contributed by atoms with Crippen LogP contribution in [0.2, 0.25) is 0 Å². The second kappa shape index (κ2) is 8.12. The molecule has 2 heterocycles. The van der Waals surface area contributed by atoms with Gasteiger partial charge in [0.2, 0.25) is 12.4 Å². The van der Waals surface area contributed by atoms with Gasteiger partial charge in [0.1, 0.15) is 11.6 Å². The molecule has 0 radical (unpaired) electrons. The van der Waals surface area contributed by atoms with E-state index in [0.717, 1.165) is 47.5 Å². The highest BCUT2D eigenvalue weighted by atomic mass is 16.5. The number of amides is 1. The summed E-state index contributed by atoms with van der Waals surface area (Å²) in [6.07, 6.45) is 0.902. The molecule has 0 unspecified atom stereocenters. The first-order chi connectivity index (χ1) is 13.8. The molecule has 0 bridgehead atoms. The maximum atomic E-state index is 11.0. The summed E-state index contributed by atoms with van der Waals surface area (Å²) < 4.78 is 5.45. The third kappa shape index (κ3) is 3.69. The van der Waals surface area contributed by atoms with Crippen molar-refractivity contribution < 1.29 is 9.53 Å². The van der Waals surface area contributed by atoms with Gasteiger partial charge in [0, 0.05) is 43.7 Å². The third-order valence-electron chi connectivity index (χ3n) is 4.98. The Kier molecular flexibility index (Phi) is 5.23. The molecule has 1 amide bonds. The first-order valence-corrected chi connectivity index (χ1v) is 9.35. The first-order valence-electron chi connectivity index (χ1n) is 9.35. The van der Waals surface area contributed by atoms with Crippen molar-refractivity contribution in [1.29, 1.82) is 0 Å². The summed E-state index contributed by atoms with van der Waals surface area (Å²) in [5, 5.41) is 4.43. The zero-order valence-corrected chi connectivity index (χ0v) is 15.8. The minimum absolute atomic E-state index is 0.601. The molecule has 3 aromatic rings. The van der Waals surface area contributed by atoms with Gasteiger partial charge in [-0.1, -0.05) is 30.3 Å². The van der Waals surface area contributed by atoms with Crippen LogP contribution < -0.4 is 15.0 Å². The quantitative estimate of drug-likeness (QED) is 0.666. The lowest BCUT2D eigenvalue weighted by Crippen LogP contribution is -2.46. The molecule has 0 aliphatic carbocycles. The highest BCUT2D eigenvalue weighted by Gasteiger charge is 2.19. The summed E-state index contributed by atoms with van der Waals surface area (Å²) in [7, 11) is 1.68. The number of anilines is 2. The van der Waals surface area contributed by atoms with E-state index in [0.29, 0.717) is 25.6 Å². The van der Waals surface area contributed by atoms with Crippen molar-refractivity contribution in [3.8, 4) is 5.75 Å². The number of benzene rings is 2. The number of para-hydroxylation sites is 2. The van der Waals surface area contributed by atoms with Gasteiger partial charge < -0.3 is 19.9 Å². The Hall–Kier alpha value is -3.35. The molecule has 1 fully saturated rings. The molecule has 1 aliphatic heterocycles. The first kappa shape index (κ1) is 18.0. The molecule has 4 rings (SSSR count). The highest BCUT2D eigenvalue weighted by Crippen LogP contribution is 2.26.